The van der Waals surface area contributed by atoms with Gasteiger partial charge in [-0.05, 0) is 37.1 Å². The first-order chi connectivity index (χ1) is 9.63. The molecule has 1 atom stereocenters. The van der Waals surface area contributed by atoms with Crippen LogP contribution in [0.15, 0.2) is 30.5 Å². The number of nitrogens with one attached hydrogen (secondary N) is 1. The lowest BCUT2D eigenvalue weighted by atomic mass is 9.98. The highest BCUT2D eigenvalue weighted by atomic mass is 35.5. The Hall–Kier alpha value is -1.32. The van der Waals surface area contributed by atoms with Gasteiger partial charge in [-0.2, -0.15) is 5.10 Å². The van der Waals surface area contributed by atoms with Gasteiger partial charge in [0.2, 0.25) is 0 Å². The first kappa shape index (κ1) is 15.1. The van der Waals surface area contributed by atoms with Gasteiger partial charge in [-0.3, -0.25) is 4.68 Å². The van der Waals surface area contributed by atoms with E-state index in [-0.39, 0.29) is 0 Å². The minimum Gasteiger partial charge on any atom is -0.310 e. The first-order valence-corrected chi connectivity index (χ1v) is 7.52. The molecular weight excluding hydrogens is 270 g/mol. The zero-order chi connectivity index (χ0) is 14.5. The maximum Gasteiger partial charge on any atom is 0.0669 e. The van der Waals surface area contributed by atoms with Crippen molar-refractivity contribution in [3.05, 3.63) is 52.3 Å². The lowest BCUT2D eigenvalue weighted by molar-refractivity contribution is 0.545. The number of nitrogens with zero attached hydrogens (tertiary/aromatic N) is 2. The van der Waals surface area contributed by atoms with E-state index in [0.29, 0.717) is 6.04 Å². The minimum absolute atomic E-state index is 0.296. The molecule has 0 spiro atoms. The van der Waals surface area contributed by atoms with Crippen molar-refractivity contribution in [3.8, 4) is 0 Å². The molecule has 1 N–H and O–H groups in total. The SMILES string of the molecule is CCNC(Cc1ccc(Cl)cc1)c1cn(C)nc1CC. The van der Waals surface area contributed by atoms with Crippen LogP contribution in [0.25, 0.3) is 0 Å². The van der Waals surface area contributed by atoms with Crippen LogP contribution in [-0.2, 0) is 19.9 Å². The highest BCUT2D eigenvalue weighted by Crippen LogP contribution is 2.22. The highest BCUT2D eigenvalue weighted by molar-refractivity contribution is 6.30. The molecule has 1 aromatic carbocycles. The van der Waals surface area contributed by atoms with Crippen LogP contribution in [0, 0.1) is 0 Å². The van der Waals surface area contributed by atoms with E-state index in [9.17, 15) is 0 Å². The molecule has 0 fully saturated rings. The summed E-state index contributed by atoms with van der Waals surface area (Å²) < 4.78 is 1.90. The number of aryl methyl sites for hydroxylation is 2. The van der Waals surface area contributed by atoms with Crippen LogP contribution in [0.2, 0.25) is 5.02 Å². The van der Waals surface area contributed by atoms with Crippen LogP contribution < -0.4 is 5.32 Å². The molecule has 1 aromatic heterocycles. The summed E-state index contributed by atoms with van der Waals surface area (Å²) in [6.45, 7) is 5.23. The van der Waals surface area contributed by atoms with Gasteiger partial charge in [0.25, 0.3) is 0 Å². The summed E-state index contributed by atoms with van der Waals surface area (Å²) in [4.78, 5) is 0. The van der Waals surface area contributed by atoms with Crippen LogP contribution >= 0.6 is 11.6 Å². The molecule has 4 heteroatoms. The van der Waals surface area contributed by atoms with Crippen molar-refractivity contribution < 1.29 is 0 Å². The third-order valence-corrected chi connectivity index (χ3v) is 3.70. The quantitative estimate of drug-likeness (QED) is 0.882. The summed E-state index contributed by atoms with van der Waals surface area (Å²) in [5.74, 6) is 0. The molecule has 1 heterocycles. The van der Waals surface area contributed by atoms with Crippen molar-refractivity contribution in [1.29, 1.82) is 0 Å². The normalized spacial score (nSPS) is 12.6. The third-order valence-electron chi connectivity index (χ3n) is 3.45. The fraction of sp³-hybridized carbons (Fsp3) is 0.438. The number of likely N-dealkylation sites (N-methyl/N-ethyl adjacent to an activating group) is 1. The molecule has 0 radical (unpaired) electrons. The second-order valence-corrected chi connectivity index (χ2v) is 5.44. The second-order valence-electron chi connectivity index (χ2n) is 5.00. The maximum absolute atomic E-state index is 5.95. The first-order valence-electron chi connectivity index (χ1n) is 7.14. The number of halogens is 1. The Kier molecular flexibility index (Phi) is 5.21. The average Bonchev–Trinajstić information content (AvgIpc) is 2.82. The Labute approximate surface area is 126 Å². The standard InChI is InChI=1S/C16H22ClN3/c1-4-15-14(11-20(3)19-15)16(18-5-2)10-12-6-8-13(17)9-7-12/h6-9,11,16,18H,4-5,10H2,1-3H3. The number of hydrogen-bond acceptors (Lipinski definition) is 2. The molecule has 0 saturated heterocycles. The van der Waals surface area contributed by atoms with Crippen molar-refractivity contribution >= 4 is 11.6 Å². The Morgan fingerprint density at radius 1 is 1.25 bits per heavy atom. The predicted molar refractivity (Wildman–Crippen MR) is 84.2 cm³/mol. The Morgan fingerprint density at radius 3 is 2.55 bits per heavy atom. The minimum atomic E-state index is 0.296. The van der Waals surface area contributed by atoms with Crippen LogP contribution in [0.1, 0.15) is 36.7 Å². The fourth-order valence-electron chi connectivity index (χ4n) is 2.51. The third kappa shape index (κ3) is 3.62. The van der Waals surface area contributed by atoms with Gasteiger partial charge in [0.1, 0.15) is 0 Å². The van der Waals surface area contributed by atoms with E-state index >= 15 is 0 Å². The summed E-state index contributed by atoms with van der Waals surface area (Å²) in [5.41, 5.74) is 3.76. The Bertz CT molecular complexity index is 545. The summed E-state index contributed by atoms with van der Waals surface area (Å²) in [6.07, 6.45) is 4.03. The molecular formula is C16H22ClN3. The van der Waals surface area contributed by atoms with Crippen molar-refractivity contribution in [2.24, 2.45) is 7.05 Å². The van der Waals surface area contributed by atoms with E-state index in [1.54, 1.807) is 0 Å². The fourth-order valence-corrected chi connectivity index (χ4v) is 2.64. The van der Waals surface area contributed by atoms with E-state index in [1.807, 2.05) is 23.9 Å². The van der Waals surface area contributed by atoms with Gasteiger partial charge in [0.15, 0.2) is 0 Å². The molecule has 20 heavy (non-hydrogen) atoms. The summed E-state index contributed by atoms with van der Waals surface area (Å²) in [7, 11) is 1.98. The molecule has 2 aromatic rings. The van der Waals surface area contributed by atoms with Crippen LogP contribution in [0.3, 0.4) is 0 Å². The summed E-state index contributed by atoms with van der Waals surface area (Å²) in [5, 5.41) is 8.89. The topological polar surface area (TPSA) is 29.9 Å². The average molecular weight is 292 g/mol. The number of hydrogen-bond donors (Lipinski definition) is 1. The predicted octanol–water partition coefficient (Wildman–Crippen LogP) is 3.53. The number of aromatic nitrogens is 2. The van der Waals surface area contributed by atoms with Crippen molar-refractivity contribution in [1.82, 2.24) is 15.1 Å². The highest BCUT2D eigenvalue weighted by Gasteiger charge is 2.17. The lowest BCUT2D eigenvalue weighted by Gasteiger charge is -2.18. The van der Waals surface area contributed by atoms with E-state index in [1.165, 1.54) is 16.8 Å². The van der Waals surface area contributed by atoms with Gasteiger partial charge < -0.3 is 5.32 Å². The number of rotatable bonds is 6. The molecule has 1 unspecified atom stereocenters. The molecule has 0 aliphatic heterocycles. The molecule has 0 aliphatic rings. The van der Waals surface area contributed by atoms with E-state index < -0.39 is 0 Å². The van der Waals surface area contributed by atoms with E-state index in [0.717, 1.165) is 24.4 Å². The van der Waals surface area contributed by atoms with Crippen molar-refractivity contribution in [2.75, 3.05) is 6.54 Å². The lowest BCUT2D eigenvalue weighted by Crippen LogP contribution is -2.23. The molecule has 2 rings (SSSR count). The van der Waals surface area contributed by atoms with Gasteiger partial charge in [-0.25, -0.2) is 0 Å². The Balaban J connectivity index is 2.23. The smallest absolute Gasteiger partial charge is 0.0669 e. The summed E-state index contributed by atoms with van der Waals surface area (Å²) in [6, 6.07) is 8.38. The molecule has 0 aliphatic carbocycles. The van der Waals surface area contributed by atoms with Crippen LogP contribution in [0.5, 0.6) is 0 Å². The second kappa shape index (κ2) is 6.91. The van der Waals surface area contributed by atoms with Crippen molar-refractivity contribution in [2.45, 2.75) is 32.7 Å². The van der Waals surface area contributed by atoms with Gasteiger partial charge in [-0.15, -0.1) is 0 Å². The zero-order valence-electron chi connectivity index (χ0n) is 12.4. The molecule has 0 amide bonds. The van der Waals surface area contributed by atoms with Crippen LogP contribution in [-0.4, -0.2) is 16.3 Å². The van der Waals surface area contributed by atoms with Gasteiger partial charge in [0, 0.05) is 29.9 Å². The molecule has 3 nitrogen and oxygen atoms in total. The summed E-state index contributed by atoms with van der Waals surface area (Å²) >= 11 is 5.95. The van der Waals surface area contributed by atoms with Gasteiger partial charge >= 0.3 is 0 Å². The van der Waals surface area contributed by atoms with E-state index in [2.05, 4.69) is 42.6 Å². The van der Waals surface area contributed by atoms with Gasteiger partial charge in [-0.1, -0.05) is 37.6 Å². The van der Waals surface area contributed by atoms with Crippen LogP contribution in [0.4, 0.5) is 0 Å². The monoisotopic (exact) mass is 291 g/mol. The molecule has 0 saturated carbocycles. The molecule has 0 bridgehead atoms. The Morgan fingerprint density at radius 2 is 1.95 bits per heavy atom. The maximum atomic E-state index is 5.95. The van der Waals surface area contributed by atoms with Crippen molar-refractivity contribution in [3.63, 3.8) is 0 Å². The number of benzene rings is 1. The molecule has 108 valence electrons. The zero-order valence-corrected chi connectivity index (χ0v) is 13.1. The largest absolute Gasteiger partial charge is 0.310 e. The van der Waals surface area contributed by atoms with E-state index in [4.69, 9.17) is 11.6 Å². The van der Waals surface area contributed by atoms with Gasteiger partial charge in [0.05, 0.1) is 5.69 Å².